The predicted molar refractivity (Wildman–Crippen MR) is 83.4 cm³/mol. The molecule has 2 N–H and O–H groups in total. The molecule has 1 aliphatic heterocycles. The van der Waals surface area contributed by atoms with Crippen LogP contribution in [-0.2, 0) is 23.6 Å². The van der Waals surface area contributed by atoms with Crippen molar-refractivity contribution in [1.82, 2.24) is 13.8 Å². The van der Waals surface area contributed by atoms with E-state index in [1.807, 2.05) is 7.05 Å². The highest BCUT2D eigenvalue weighted by Gasteiger charge is 2.31. The first-order chi connectivity index (χ1) is 9.90. The summed E-state index contributed by atoms with van der Waals surface area (Å²) in [5, 5.41) is 0. The fourth-order valence-electron chi connectivity index (χ4n) is 2.88. The van der Waals surface area contributed by atoms with Gasteiger partial charge in [0.25, 0.3) is 0 Å². The van der Waals surface area contributed by atoms with E-state index in [9.17, 15) is 8.42 Å². The molecule has 1 aromatic rings. The van der Waals surface area contributed by atoms with Gasteiger partial charge in [0.15, 0.2) is 0 Å². The summed E-state index contributed by atoms with van der Waals surface area (Å²) in [5.74, 6) is 0. The highest BCUT2D eigenvalue weighted by Crippen LogP contribution is 2.23. The molecule has 0 amide bonds. The number of sulfonamides is 1. The lowest BCUT2D eigenvalue weighted by molar-refractivity contribution is 0.176. The van der Waals surface area contributed by atoms with Gasteiger partial charge < -0.3 is 15.2 Å². The molecule has 0 aromatic carbocycles. The van der Waals surface area contributed by atoms with Gasteiger partial charge in [0.1, 0.15) is 4.90 Å². The van der Waals surface area contributed by atoms with Crippen LogP contribution in [0.1, 0.15) is 25.5 Å². The van der Waals surface area contributed by atoms with Gasteiger partial charge in [-0.15, -0.1) is 0 Å². The molecule has 1 fully saturated rings. The molecule has 0 radical (unpaired) electrons. The van der Waals surface area contributed by atoms with E-state index < -0.39 is 10.0 Å². The van der Waals surface area contributed by atoms with Gasteiger partial charge in [-0.05, 0) is 38.5 Å². The first-order valence-electron chi connectivity index (χ1n) is 7.45. The molecule has 0 saturated carbocycles. The van der Waals surface area contributed by atoms with Gasteiger partial charge in [-0.2, -0.15) is 4.31 Å². The fourth-order valence-corrected chi connectivity index (χ4v) is 4.39. The Kier molecular flexibility index (Phi) is 5.08. The standard InChI is InChI=1S/C14H26N4O2S/c1-4-18-7-5-12(6-8-18)17(3)21(19,20)14-9-13(10-15)16(2)11-14/h9,11-12H,4-8,10,15H2,1-3H3. The van der Waals surface area contributed by atoms with Gasteiger partial charge in [0, 0.05) is 38.6 Å². The van der Waals surface area contributed by atoms with Crippen LogP contribution in [0, 0.1) is 0 Å². The van der Waals surface area contributed by atoms with Crippen molar-refractivity contribution in [1.29, 1.82) is 0 Å². The Hall–Kier alpha value is -0.890. The van der Waals surface area contributed by atoms with Crippen molar-refractivity contribution >= 4 is 10.0 Å². The molecule has 0 unspecified atom stereocenters. The maximum atomic E-state index is 12.7. The summed E-state index contributed by atoms with van der Waals surface area (Å²) in [6.45, 7) is 5.43. The summed E-state index contributed by atoms with van der Waals surface area (Å²) in [5.41, 5.74) is 6.44. The monoisotopic (exact) mass is 314 g/mol. The molecule has 0 atom stereocenters. The van der Waals surface area contributed by atoms with Crippen LogP contribution < -0.4 is 5.73 Å². The van der Waals surface area contributed by atoms with Crippen LogP contribution >= 0.6 is 0 Å². The summed E-state index contributed by atoms with van der Waals surface area (Å²) in [6.07, 6.45) is 3.43. The largest absolute Gasteiger partial charge is 0.352 e. The minimum Gasteiger partial charge on any atom is -0.352 e. The summed E-state index contributed by atoms with van der Waals surface area (Å²) in [4.78, 5) is 2.69. The molecule has 120 valence electrons. The number of likely N-dealkylation sites (tertiary alicyclic amines) is 1. The highest BCUT2D eigenvalue weighted by molar-refractivity contribution is 7.89. The van der Waals surface area contributed by atoms with E-state index in [4.69, 9.17) is 5.73 Å². The molecule has 1 aliphatic rings. The van der Waals surface area contributed by atoms with Crippen LogP contribution in [0.2, 0.25) is 0 Å². The third-order valence-corrected chi connectivity index (χ3v) is 6.36. The topological polar surface area (TPSA) is 71.6 Å². The number of nitrogens with zero attached hydrogens (tertiary/aromatic N) is 3. The van der Waals surface area contributed by atoms with Gasteiger partial charge in [0.2, 0.25) is 10.0 Å². The minimum absolute atomic E-state index is 0.0827. The molecule has 7 heteroatoms. The normalized spacial score (nSPS) is 18.5. The first kappa shape index (κ1) is 16.5. The fraction of sp³-hybridized carbons (Fsp3) is 0.714. The van der Waals surface area contributed by atoms with Crippen LogP contribution in [0.5, 0.6) is 0 Å². The molecule has 1 saturated heterocycles. The SMILES string of the molecule is CCN1CCC(N(C)S(=O)(=O)c2cc(CN)n(C)c2)CC1. The minimum atomic E-state index is -3.44. The Balaban J connectivity index is 2.15. The van der Waals surface area contributed by atoms with Gasteiger partial charge >= 0.3 is 0 Å². The average Bonchev–Trinajstić information content (AvgIpc) is 2.88. The zero-order valence-electron chi connectivity index (χ0n) is 13.1. The quantitative estimate of drug-likeness (QED) is 0.863. The van der Waals surface area contributed by atoms with Crippen LogP contribution in [0.15, 0.2) is 17.2 Å². The Morgan fingerprint density at radius 3 is 2.48 bits per heavy atom. The second kappa shape index (κ2) is 6.48. The Morgan fingerprint density at radius 2 is 2.00 bits per heavy atom. The Labute approximate surface area is 127 Å². The van der Waals surface area contributed by atoms with Gasteiger partial charge in [-0.1, -0.05) is 6.92 Å². The smallest absolute Gasteiger partial charge is 0.244 e. The Bertz CT molecular complexity index is 574. The van der Waals surface area contributed by atoms with Crippen LogP contribution in [0.3, 0.4) is 0 Å². The lowest BCUT2D eigenvalue weighted by atomic mass is 10.1. The molecular weight excluding hydrogens is 288 g/mol. The third kappa shape index (κ3) is 3.31. The maximum Gasteiger partial charge on any atom is 0.244 e. The molecular formula is C14H26N4O2S. The highest BCUT2D eigenvalue weighted by atomic mass is 32.2. The first-order valence-corrected chi connectivity index (χ1v) is 8.89. The number of hydrogen-bond donors (Lipinski definition) is 1. The number of aryl methyl sites for hydroxylation is 1. The Morgan fingerprint density at radius 1 is 1.38 bits per heavy atom. The molecule has 0 bridgehead atoms. The lowest BCUT2D eigenvalue weighted by Crippen LogP contribution is -2.45. The van der Waals surface area contributed by atoms with Crippen molar-refractivity contribution in [2.75, 3.05) is 26.7 Å². The second-order valence-electron chi connectivity index (χ2n) is 5.67. The maximum absolute atomic E-state index is 12.7. The van der Waals surface area contributed by atoms with Crippen molar-refractivity contribution in [2.24, 2.45) is 12.8 Å². The summed E-state index contributed by atoms with van der Waals surface area (Å²) >= 11 is 0. The van der Waals surface area contributed by atoms with Gasteiger partial charge in [-0.3, -0.25) is 0 Å². The number of rotatable bonds is 5. The second-order valence-corrected chi connectivity index (χ2v) is 7.67. The van der Waals surface area contributed by atoms with Crippen LogP contribution in [0.25, 0.3) is 0 Å². The van der Waals surface area contributed by atoms with E-state index in [2.05, 4.69) is 11.8 Å². The summed E-state index contributed by atoms with van der Waals surface area (Å²) in [6, 6.07) is 1.76. The van der Waals surface area contributed by atoms with Gasteiger partial charge in [0.05, 0.1) is 0 Å². The summed E-state index contributed by atoms with van der Waals surface area (Å²) < 4.78 is 28.8. The zero-order valence-corrected chi connectivity index (χ0v) is 13.9. The van der Waals surface area contributed by atoms with E-state index in [1.54, 1.807) is 23.9 Å². The van der Waals surface area contributed by atoms with Crippen molar-refractivity contribution in [2.45, 2.75) is 37.2 Å². The average molecular weight is 314 g/mol. The number of hydrogen-bond acceptors (Lipinski definition) is 4. The lowest BCUT2D eigenvalue weighted by Gasteiger charge is -2.35. The van der Waals surface area contributed by atoms with E-state index in [0.29, 0.717) is 11.4 Å². The van der Waals surface area contributed by atoms with Gasteiger partial charge in [-0.25, -0.2) is 8.42 Å². The summed E-state index contributed by atoms with van der Waals surface area (Å²) in [7, 11) is 0.0754. The van der Waals surface area contributed by atoms with E-state index >= 15 is 0 Å². The number of aromatic nitrogens is 1. The van der Waals surface area contributed by atoms with E-state index in [-0.39, 0.29) is 6.04 Å². The zero-order chi connectivity index (χ0) is 15.6. The molecule has 2 heterocycles. The van der Waals surface area contributed by atoms with Crippen LogP contribution in [-0.4, -0.2) is 54.9 Å². The number of nitrogens with two attached hydrogens (primary N) is 1. The molecule has 2 rings (SSSR count). The van der Waals surface area contributed by atoms with Crippen molar-refractivity contribution in [3.8, 4) is 0 Å². The van der Waals surface area contributed by atoms with Crippen molar-refractivity contribution in [3.63, 3.8) is 0 Å². The van der Waals surface area contributed by atoms with Crippen molar-refractivity contribution in [3.05, 3.63) is 18.0 Å². The van der Waals surface area contributed by atoms with E-state index in [1.165, 1.54) is 4.31 Å². The molecule has 0 aliphatic carbocycles. The van der Waals surface area contributed by atoms with E-state index in [0.717, 1.165) is 38.2 Å². The van der Waals surface area contributed by atoms with Crippen molar-refractivity contribution < 1.29 is 8.42 Å². The molecule has 1 aromatic heterocycles. The number of piperidine rings is 1. The molecule has 0 spiro atoms. The predicted octanol–water partition coefficient (Wildman–Crippen LogP) is 0.589. The molecule has 6 nitrogen and oxygen atoms in total. The third-order valence-electron chi connectivity index (χ3n) is 4.49. The van der Waals surface area contributed by atoms with Crippen LogP contribution in [0.4, 0.5) is 0 Å². The molecule has 21 heavy (non-hydrogen) atoms.